The van der Waals surface area contributed by atoms with Gasteiger partial charge < -0.3 is 25.0 Å². The van der Waals surface area contributed by atoms with Crippen molar-refractivity contribution in [3.8, 4) is 0 Å². The zero-order valence-electron chi connectivity index (χ0n) is 7.78. The van der Waals surface area contributed by atoms with Crippen LogP contribution in [0.3, 0.4) is 0 Å². The molecule has 15 heavy (non-hydrogen) atoms. The fraction of sp³-hybridized carbons (Fsp3) is 0.625. The second-order valence-electron chi connectivity index (χ2n) is 3.40. The standard InChI is InChI=1S/C8H12N2O5/c11-3-4-5(12)6(13)7(15-4)10-2-1-9-8(10)14/h1-2,4-7,11-13H,3H2,(H,9,14). The number of nitrogens with one attached hydrogen (secondary N) is 1. The van der Waals surface area contributed by atoms with E-state index in [1.807, 2.05) is 0 Å². The van der Waals surface area contributed by atoms with Crippen molar-refractivity contribution in [2.45, 2.75) is 24.5 Å². The minimum absolute atomic E-state index is 0.409. The summed E-state index contributed by atoms with van der Waals surface area (Å²) >= 11 is 0. The molecule has 4 unspecified atom stereocenters. The van der Waals surface area contributed by atoms with E-state index in [4.69, 9.17) is 9.84 Å². The number of ether oxygens (including phenoxy) is 1. The van der Waals surface area contributed by atoms with Gasteiger partial charge in [-0.3, -0.25) is 4.57 Å². The number of aromatic nitrogens is 2. The van der Waals surface area contributed by atoms with Crippen molar-refractivity contribution in [1.29, 1.82) is 0 Å². The zero-order chi connectivity index (χ0) is 11.0. The third-order valence-electron chi connectivity index (χ3n) is 2.47. The molecule has 0 saturated carbocycles. The molecule has 4 N–H and O–H groups in total. The van der Waals surface area contributed by atoms with Crippen LogP contribution >= 0.6 is 0 Å². The average molecular weight is 216 g/mol. The lowest BCUT2D eigenvalue weighted by Gasteiger charge is -2.14. The molecule has 7 nitrogen and oxygen atoms in total. The van der Waals surface area contributed by atoms with Crippen LogP contribution in [0, 0.1) is 0 Å². The van der Waals surface area contributed by atoms with Crippen molar-refractivity contribution < 1.29 is 20.1 Å². The predicted molar refractivity (Wildman–Crippen MR) is 48.1 cm³/mol. The highest BCUT2D eigenvalue weighted by Crippen LogP contribution is 2.27. The van der Waals surface area contributed by atoms with Gasteiger partial charge in [0.15, 0.2) is 6.23 Å². The van der Waals surface area contributed by atoms with Gasteiger partial charge in [-0.05, 0) is 0 Å². The maximum atomic E-state index is 11.2. The van der Waals surface area contributed by atoms with Crippen molar-refractivity contribution in [1.82, 2.24) is 9.55 Å². The van der Waals surface area contributed by atoms with E-state index >= 15 is 0 Å². The molecule has 1 aliphatic rings. The Morgan fingerprint density at radius 1 is 1.47 bits per heavy atom. The summed E-state index contributed by atoms with van der Waals surface area (Å²) in [6, 6.07) is 0. The fourth-order valence-electron chi connectivity index (χ4n) is 1.64. The van der Waals surface area contributed by atoms with E-state index in [-0.39, 0.29) is 0 Å². The summed E-state index contributed by atoms with van der Waals surface area (Å²) in [5.41, 5.74) is -0.440. The average Bonchev–Trinajstić information content (AvgIpc) is 2.74. The van der Waals surface area contributed by atoms with Gasteiger partial charge in [-0.2, -0.15) is 0 Å². The van der Waals surface area contributed by atoms with E-state index in [0.717, 1.165) is 4.57 Å². The lowest BCUT2D eigenvalue weighted by atomic mass is 10.1. The minimum atomic E-state index is -1.23. The van der Waals surface area contributed by atoms with Gasteiger partial charge in [0.05, 0.1) is 6.61 Å². The molecule has 0 spiro atoms. The highest BCUT2D eigenvalue weighted by Gasteiger charge is 2.43. The van der Waals surface area contributed by atoms with Crippen molar-refractivity contribution in [3.63, 3.8) is 0 Å². The van der Waals surface area contributed by atoms with Crippen LogP contribution in [0.15, 0.2) is 17.2 Å². The SMILES string of the molecule is O=c1[nH]ccn1C1OC(CO)C(O)C1O. The number of imidazole rings is 1. The Morgan fingerprint density at radius 3 is 2.67 bits per heavy atom. The first-order valence-electron chi connectivity index (χ1n) is 4.53. The second-order valence-corrected chi connectivity index (χ2v) is 3.40. The van der Waals surface area contributed by atoms with Gasteiger partial charge in [-0.15, -0.1) is 0 Å². The summed E-state index contributed by atoms with van der Waals surface area (Å²) in [5.74, 6) is 0. The molecule has 2 rings (SSSR count). The van der Waals surface area contributed by atoms with E-state index < -0.39 is 36.8 Å². The third kappa shape index (κ3) is 1.59. The van der Waals surface area contributed by atoms with Crippen LogP contribution in [0.25, 0.3) is 0 Å². The van der Waals surface area contributed by atoms with Crippen LogP contribution in [0.1, 0.15) is 6.23 Å². The first-order chi connectivity index (χ1) is 7.15. The molecular formula is C8H12N2O5. The van der Waals surface area contributed by atoms with E-state index in [9.17, 15) is 15.0 Å². The summed E-state index contributed by atoms with van der Waals surface area (Å²) in [7, 11) is 0. The van der Waals surface area contributed by atoms with Crippen molar-refractivity contribution in [2.75, 3.05) is 6.61 Å². The van der Waals surface area contributed by atoms with Crippen LogP contribution in [0.2, 0.25) is 0 Å². The fourth-order valence-corrected chi connectivity index (χ4v) is 1.64. The highest BCUT2D eigenvalue weighted by atomic mass is 16.6. The maximum absolute atomic E-state index is 11.2. The molecule has 0 aromatic carbocycles. The molecule has 0 aliphatic carbocycles. The predicted octanol–water partition coefficient (Wildman–Crippen LogP) is -2.21. The molecule has 1 saturated heterocycles. The second kappa shape index (κ2) is 3.78. The molecule has 0 bridgehead atoms. The van der Waals surface area contributed by atoms with Crippen molar-refractivity contribution in [2.24, 2.45) is 0 Å². The molecular weight excluding hydrogens is 204 g/mol. The third-order valence-corrected chi connectivity index (χ3v) is 2.47. The summed E-state index contributed by atoms with van der Waals surface area (Å²) in [6.07, 6.45) is -1.44. The van der Waals surface area contributed by atoms with Crippen LogP contribution in [-0.4, -0.2) is 49.8 Å². The number of aromatic amines is 1. The van der Waals surface area contributed by atoms with Gasteiger partial charge in [-0.1, -0.05) is 0 Å². The molecule has 2 heterocycles. The lowest BCUT2D eigenvalue weighted by Crippen LogP contribution is -2.34. The van der Waals surface area contributed by atoms with Crippen molar-refractivity contribution >= 4 is 0 Å². The van der Waals surface area contributed by atoms with Gasteiger partial charge in [-0.25, -0.2) is 4.79 Å². The van der Waals surface area contributed by atoms with Crippen LogP contribution in [0.5, 0.6) is 0 Å². The molecule has 84 valence electrons. The summed E-state index contributed by atoms with van der Waals surface area (Å²) in [6.45, 7) is -0.409. The lowest BCUT2D eigenvalue weighted by molar-refractivity contribution is -0.0542. The van der Waals surface area contributed by atoms with Crippen LogP contribution in [0.4, 0.5) is 0 Å². The number of aliphatic hydroxyl groups is 3. The number of H-pyrrole nitrogens is 1. The van der Waals surface area contributed by atoms with Gasteiger partial charge in [0.2, 0.25) is 0 Å². The quantitative estimate of drug-likeness (QED) is 0.448. The minimum Gasteiger partial charge on any atom is -0.394 e. The molecule has 0 amide bonds. The van der Waals surface area contributed by atoms with Gasteiger partial charge >= 0.3 is 5.69 Å². The number of rotatable bonds is 2. The Kier molecular flexibility index (Phi) is 2.61. The molecule has 1 aromatic heterocycles. The maximum Gasteiger partial charge on any atom is 0.327 e. The molecule has 0 radical (unpaired) electrons. The molecule has 4 atom stereocenters. The van der Waals surface area contributed by atoms with E-state index in [1.54, 1.807) is 0 Å². The number of nitrogens with zero attached hydrogens (tertiary/aromatic N) is 1. The Labute approximate surface area is 84.5 Å². The van der Waals surface area contributed by atoms with Crippen LogP contribution in [-0.2, 0) is 4.74 Å². The number of hydrogen-bond donors (Lipinski definition) is 4. The topological polar surface area (TPSA) is 108 Å². The Bertz CT molecular complexity index is 386. The highest BCUT2D eigenvalue weighted by molar-refractivity contribution is 4.91. The summed E-state index contributed by atoms with van der Waals surface area (Å²) in [4.78, 5) is 13.6. The van der Waals surface area contributed by atoms with Gasteiger partial charge in [0.25, 0.3) is 0 Å². The zero-order valence-corrected chi connectivity index (χ0v) is 7.78. The largest absolute Gasteiger partial charge is 0.394 e. The monoisotopic (exact) mass is 216 g/mol. The smallest absolute Gasteiger partial charge is 0.327 e. The Balaban J connectivity index is 2.26. The summed E-state index contributed by atoms with van der Waals surface area (Å²) < 4.78 is 6.28. The summed E-state index contributed by atoms with van der Waals surface area (Å²) in [5, 5.41) is 27.9. The number of aliphatic hydroxyl groups excluding tert-OH is 3. The van der Waals surface area contributed by atoms with E-state index in [1.165, 1.54) is 12.4 Å². The van der Waals surface area contributed by atoms with Crippen molar-refractivity contribution in [3.05, 3.63) is 22.9 Å². The first kappa shape index (κ1) is 10.4. The Morgan fingerprint density at radius 2 is 2.20 bits per heavy atom. The Hall–Kier alpha value is -1.15. The van der Waals surface area contributed by atoms with Crippen LogP contribution < -0.4 is 5.69 Å². The molecule has 1 aromatic rings. The molecule has 7 heteroatoms. The molecule has 1 fully saturated rings. The normalized spacial score (nSPS) is 35.9. The van der Waals surface area contributed by atoms with E-state index in [2.05, 4.69) is 4.98 Å². The number of hydrogen-bond acceptors (Lipinski definition) is 5. The van der Waals surface area contributed by atoms with E-state index in [0.29, 0.717) is 0 Å². The van der Waals surface area contributed by atoms with Gasteiger partial charge in [0, 0.05) is 12.4 Å². The first-order valence-corrected chi connectivity index (χ1v) is 4.53. The van der Waals surface area contributed by atoms with Gasteiger partial charge in [0.1, 0.15) is 18.3 Å². The molecule has 1 aliphatic heterocycles.